The van der Waals surface area contributed by atoms with Gasteiger partial charge in [0.25, 0.3) is 0 Å². The van der Waals surface area contributed by atoms with E-state index in [2.05, 4.69) is 26.3 Å². The maximum atomic E-state index is 11.5. The van der Waals surface area contributed by atoms with Crippen molar-refractivity contribution in [3.63, 3.8) is 0 Å². The fourth-order valence-corrected chi connectivity index (χ4v) is 3.56. The lowest BCUT2D eigenvalue weighted by atomic mass is 10.1. The summed E-state index contributed by atoms with van der Waals surface area (Å²) in [5.74, 6) is 0.520. The highest BCUT2D eigenvalue weighted by molar-refractivity contribution is 5.89. The minimum absolute atomic E-state index is 0.354. The number of nitrogens with one attached hydrogen (secondary N) is 2. The van der Waals surface area contributed by atoms with E-state index in [1.165, 1.54) is 7.11 Å². The fraction of sp³-hybridized carbons (Fsp3) is 0.208. The van der Waals surface area contributed by atoms with Crippen LogP contribution in [0.5, 0.6) is 0 Å². The first-order valence-electron chi connectivity index (χ1n) is 10.1. The summed E-state index contributed by atoms with van der Waals surface area (Å²) >= 11 is 0. The van der Waals surface area contributed by atoms with Crippen molar-refractivity contribution >= 4 is 23.9 Å². The van der Waals surface area contributed by atoms with Crippen LogP contribution < -0.4 is 10.2 Å². The lowest BCUT2D eigenvalue weighted by Crippen LogP contribution is -2.44. The van der Waals surface area contributed by atoms with Crippen LogP contribution in [0.3, 0.4) is 0 Å². The molecule has 31 heavy (non-hydrogen) atoms. The standard InChI is InChI=1S/C24H23N5O2/c1-31-24(30)18-5-2-17(3-6-18)4-7-21-14-19(8-9-27-21)22-15-20(16-25)23(28-22)29-12-10-26-11-13-29/h2-9,14-15,26,28H,10-13H2,1H3/b7-4+. The van der Waals surface area contributed by atoms with Gasteiger partial charge in [-0.25, -0.2) is 4.79 Å². The summed E-state index contributed by atoms with van der Waals surface area (Å²) in [4.78, 5) is 21.6. The van der Waals surface area contributed by atoms with Gasteiger partial charge in [0, 0.05) is 43.6 Å². The molecule has 0 bridgehead atoms. The number of methoxy groups -OCH3 is 1. The molecule has 0 atom stereocenters. The Morgan fingerprint density at radius 2 is 1.94 bits per heavy atom. The van der Waals surface area contributed by atoms with Gasteiger partial charge in [-0.2, -0.15) is 5.26 Å². The van der Waals surface area contributed by atoms with Crippen LogP contribution in [0.1, 0.15) is 27.2 Å². The second kappa shape index (κ2) is 9.28. The molecule has 0 aliphatic carbocycles. The first-order chi connectivity index (χ1) is 15.2. The van der Waals surface area contributed by atoms with Crippen molar-refractivity contribution in [1.82, 2.24) is 15.3 Å². The van der Waals surface area contributed by atoms with E-state index in [4.69, 9.17) is 4.74 Å². The van der Waals surface area contributed by atoms with Crippen molar-refractivity contribution in [2.75, 3.05) is 38.2 Å². The average Bonchev–Trinajstić information content (AvgIpc) is 3.28. The van der Waals surface area contributed by atoms with Crippen molar-refractivity contribution in [2.24, 2.45) is 0 Å². The summed E-state index contributed by atoms with van der Waals surface area (Å²) in [6.07, 6.45) is 5.61. The normalized spacial score (nSPS) is 13.9. The predicted molar refractivity (Wildman–Crippen MR) is 121 cm³/mol. The van der Waals surface area contributed by atoms with Gasteiger partial charge < -0.3 is 19.9 Å². The summed E-state index contributed by atoms with van der Waals surface area (Å²) < 4.78 is 4.72. The Balaban J connectivity index is 1.54. The molecular formula is C24H23N5O2. The highest BCUT2D eigenvalue weighted by Crippen LogP contribution is 2.28. The minimum Gasteiger partial charge on any atom is -0.465 e. The number of rotatable bonds is 5. The summed E-state index contributed by atoms with van der Waals surface area (Å²) in [5, 5.41) is 12.9. The van der Waals surface area contributed by atoms with Gasteiger partial charge in [0.05, 0.1) is 23.9 Å². The molecule has 1 aliphatic heterocycles. The molecule has 7 heteroatoms. The fourth-order valence-electron chi connectivity index (χ4n) is 3.56. The zero-order valence-electron chi connectivity index (χ0n) is 17.3. The van der Waals surface area contributed by atoms with Crippen LogP contribution in [0.15, 0.2) is 48.7 Å². The topological polar surface area (TPSA) is 94.0 Å². The molecule has 1 aromatic carbocycles. The molecule has 2 aromatic heterocycles. The van der Waals surface area contributed by atoms with Crippen molar-refractivity contribution in [2.45, 2.75) is 0 Å². The zero-order valence-corrected chi connectivity index (χ0v) is 17.3. The molecule has 7 nitrogen and oxygen atoms in total. The van der Waals surface area contributed by atoms with Gasteiger partial charge in [-0.15, -0.1) is 0 Å². The Hall–Kier alpha value is -3.89. The second-order valence-corrected chi connectivity index (χ2v) is 7.21. The summed E-state index contributed by atoms with van der Waals surface area (Å²) in [6, 6.07) is 15.3. The van der Waals surface area contributed by atoms with Gasteiger partial charge in [0.15, 0.2) is 0 Å². The predicted octanol–water partition coefficient (Wildman–Crippen LogP) is 3.31. The third-order valence-electron chi connectivity index (χ3n) is 5.22. The number of piperazine rings is 1. The molecule has 3 aromatic rings. The molecule has 1 saturated heterocycles. The third-order valence-corrected chi connectivity index (χ3v) is 5.22. The molecule has 4 rings (SSSR count). The van der Waals surface area contributed by atoms with E-state index in [0.29, 0.717) is 11.1 Å². The maximum absolute atomic E-state index is 11.5. The lowest BCUT2D eigenvalue weighted by Gasteiger charge is -2.28. The zero-order chi connectivity index (χ0) is 21.6. The highest BCUT2D eigenvalue weighted by atomic mass is 16.5. The van der Waals surface area contributed by atoms with E-state index in [0.717, 1.165) is 54.5 Å². The molecule has 3 heterocycles. The van der Waals surface area contributed by atoms with Crippen LogP contribution in [0.4, 0.5) is 5.82 Å². The summed E-state index contributed by atoms with van der Waals surface area (Å²) in [6.45, 7) is 3.55. The van der Waals surface area contributed by atoms with E-state index >= 15 is 0 Å². The number of pyridine rings is 1. The van der Waals surface area contributed by atoms with E-state index in [1.807, 2.05) is 42.5 Å². The molecular weight excluding hydrogens is 390 g/mol. The molecule has 0 amide bonds. The Morgan fingerprint density at radius 1 is 1.16 bits per heavy atom. The van der Waals surface area contributed by atoms with E-state index in [9.17, 15) is 10.1 Å². The van der Waals surface area contributed by atoms with Crippen LogP contribution >= 0.6 is 0 Å². The number of hydrogen-bond acceptors (Lipinski definition) is 6. The number of aromatic amines is 1. The van der Waals surface area contributed by atoms with Gasteiger partial charge in [0.2, 0.25) is 0 Å². The van der Waals surface area contributed by atoms with Crippen LogP contribution in [-0.2, 0) is 4.74 Å². The highest BCUT2D eigenvalue weighted by Gasteiger charge is 2.18. The van der Waals surface area contributed by atoms with Crippen molar-refractivity contribution < 1.29 is 9.53 Å². The van der Waals surface area contributed by atoms with Crippen LogP contribution in [0, 0.1) is 11.3 Å². The number of esters is 1. The van der Waals surface area contributed by atoms with Crippen molar-refractivity contribution in [3.8, 4) is 17.3 Å². The molecule has 0 spiro atoms. The Kier molecular flexibility index (Phi) is 6.11. The number of H-pyrrole nitrogens is 1. The van der Waals surface area contributed by atoms with Crippen LogP contribution in [-0.4, -0.2) is 49.2 Å². The Bertz CT molecular complexity index is 1140. The third kappa shape index (κ3) is 4.65. The number of hydrogen-bond donors (Lipinski definition) is 2. The number of benzene rings is 1. The molecule has 0 saturated carbocycles. The molecule has 1 fully saturated rings. The summed E-state index contributed by atoms with van der Waals surface area (Å²) in [5.41, 5.74) is 4.77. The smallest absolute Gasteiger partial charge is 0.337 e. The average molecular weight is 413 g/mol. The number of aromatic nitrogens is 2. The molecule has 1 aliphatic rings. The van der Waals surface area contributed by atoms with E-state index in [1.54, 1.807) is 18.3 Å². The summed E-state index contributed by atoms with van der Waals surface area (Å²) in [7, 11) is 1.37. The Labute approximate surface area is 181 Å². The monoisotopic (exact) mass is 413 g/mol. The van der Waals surface area contributed by atoms with Gasteiger partial charge >= 0.3 is 5.97 Å². The van der Waals surface area contributed by atoms with Gasteiger partial charge in [0.1, 0.15) is 11.9 Å². The number of carbonyl (C=O) groups excluding carboxylic acids is 1. The second-order valence-electron chi connectivity index (χ2n) is 7.21. The minimum atomic E-state index is -0.354. The van der Waals surface area contributed by atoms with E-state index in [-0.39, 0.29) is 5.97 Å². The van der Waals surface area contributed by atoms with E-state index < -0.39 is 0 Å². The number of ether oxygens (including phenoxy) is 1. The van der Waals surface area contributed by atoms with Crippen molar-refractivity contribution in [1.29, 1.82) is 5.26 Å². The maximum Gasteiger partial charge on any atom is 0.337 e. The lowest BCUT2D eigenvalue weighted by molar-refractivity contribution is 0.0600. The SMILES string of the molecule is COC(=O)c1ccc(/C=C/c2cc(-c3cc(C#N)c(N4CCNCC4)[nH]3)ccn2)cc1. The van der Waals surface area contributed by atoms with Crippen LogP contribution in [0.2, 0.25) is 0 Å². The van der Waals surface area contributed by atoms with Gasteiger partial charge in [-0.1, -0.05) is 18.2 Å². The first kappa shape index (κ1) is 20.4. The number of carbonyl (C=O) groups is 1. The van der Waals surface area contributed by atoms with Gasteiger partial charge in [-0.3, -0.25) is 4.98 Å². The first-order valence-corrected chi connectivity index (χ1v) is 10.1. The van der Waals surface area contributed by atoms with Gasteiger partial charge in [-0.05, 0) is 42.0 Å². The molecule has 0 radical (unpaired) electrons. The largest absolute Gasteiger partial charge is 0.465 e. The molecule has 0 unspecified atom stereocenters. The number of nitriles is 1. The van der Waals surface area contributed by atoms with Crippen LogP contribution in [0.25, 0.3) is 23.4 Å². The Morgan fingerprint density at radius 3 is 2.65 bits per heavy atom. The number of anilines is 1. The molecule has 2 N–H and O–H groups in total. The quantitative estimate of drug-likeness (QED) is 0.623. The number of nitrogens with zero attached hydrogens (tertiary/aromatic N) is 3. The molecule has 156 valence electrons. The van der Waals surface area contributed by atoms with Crippen molar-refractivity contribution in [3.05, 3.63) is 71.0 Å².